The van der Waals surface area contributed by atoms with Crippen molar-refractivity contribution in [2.24, 2.45) is 5.92 Å². The van der Waals surface area contributed by atoms with Crippen molar-refractivity contribution in [3.05, 3.63) is 42.5 Å². The Labute approximate surface area is 106 Å². The highest BCUT2D eigenvalue weighted by Crippen LogP contribution is 2.38. The van der Waals surface area contributed by atoms with Crippen LogP contribution in [-0.4, -0.2) is 24.2 Å². The van der Waals surface area contributed by atoms with Gasteiger partial charge in [0.1, 0.15) is 0 Å². The summed E-state index contributed by atoms with van der Waals surface area (Å²) in [5.41, 5.74) is 1.09. The third kappa shape index (κ3) is 1.82. The van der Waals surface area contributed by atoms with Crippen LogP contribution < -0.4 is 4.90 Å². The van der Waals surface area contributed by atoms with E-state index in [9.17, 15) is 4.79 Å². The number of carbonyl (C=O) groups is 1. The molecule has 2 unspecified atom stereocenters. The van der Waals surface area contributed by atoms with Gasteiger partial charge in [0.25, 0.3) is 0 Å². The average Bonchev–Trinajstić information content (AvgIpc) is 3.17. The number of carboxylic acid groups (broad SMARTS) is 1. The molecule has 2 aromatic carbocycles. The van der Waals surface area contributed by atoms with Crippen LogP contribution in [0.4, 0.5) is 5.69 Å². The minimum absolute atomic E-state index is 0.142. The quantitative estimate of drug-likeness (QED) is 0.898. The maximum absolute atomic E-state index is 10.9. The molecule has 18 heavy (non-hydrogen) atoms. The SMILES string of the molecule is CN(c1ccc2ccccc2c1)C1CC1C(=O)O. The van der Waals surface area contributed by atoms with Crippen LogP contribution in [0.2, 0.25) is 0 Å². The molecule has 2 aromatic rings. The van der Waals surface area contributed by atoms with Crippen molar-refractivity contribution in [3.8, 4) is 0 Å². The van der Waals surface area contributed by atoms with Crippen LogP contribution in [0.25, 0.3) is 10.8 Å². The smallest absolute Gasteiger partial charge is 0.308 e. The van der Waals surface area contributed by atoms with Gasteiger partial charge >= 0.3 is 5.97 Å². The molecule has 0 bridgehead atoms. The predicted molar refractivity (Wildman–Crippen MR) is 71.9 cm³/mol. The molecule has 1 aliphatic carbocycles. The highest BCUT2D eigenvalue weighted by Gasteiger charge is 2.46. The fourth-order valence-corrected chi connectivity index (χ4v) is 2.46. The van der Waals surface area contributed by atoms with Gasteiger partial charge in [0.2, 0.25) is 0 Å². The Kier molecular flexibility index (Phi) is 2.47. The van der Waals surface area contributed by atoms with Crippen molar-refractivity contribution in [1.82, 2.24) is 0 Å². The molecule has 0 heterocycles. The number of anilines is 1. The lowest BCUT2D eigenvalue weighted by Gasteiger charge is -2.19. The van der Waals surface area contributed by atoms with Crippen molar-refractivity contribution >= 4 is 22.4 Å². The van der Waals surface area contributed by atoms with Gasteiger partial charge in [-0.25, -0.2) is 0 Å². The summed E-state index contributed by atoms with van der Waals surface area (Å²) >= 11 is 0. The number of fused-ring (bicyclic) bond motifs is 1. The Bertz CT molecular complexity index is 608. The Balaban J connectivity index is 1.88. The summed E-state index contributed by atoms with van der Waals surface area (Å²) in [4.78, 5) is 13.0. The Hall–Kier alpha value is -2.03. The first-order chi connectivity index (χ1) is 8.66. The third-order valence-corrected chi connectivity index (χ3v) is 3.71. The number of aliphatic carboxylic acids is 1. The van der Waals surface area contributed by atoms with Crippen molar-refractivity contribution in [2.75, 3.05) is 11.9 Å². The Morgan fingerprint density at radius 1 is 1.22 bits per heavy atom. The molecule has 0 saturated heterocycles. The van der Waals surface area contributed by atoms with Crippen LogP contribution in [0.15, 0.2) is 42.5 Å². The molecule has 1 saturated carbocycles. The molecule has 0 amide bonds. The van der Waals surface area contributed by atoms with Crippen LogP contribution >= 0.6 is 0 Å². The first-order valence-electron chi connectivity index (χ1n) is 6.11. The fraction of sp³-hybridized carbons (Fsp3) is 0.267. The Morgan fingerprint density at radius 2 is 1.94 bits per heavy atom. The number of carboxylic acids is 1. The highest BCUT2D eigenvalue weighted by molar-refractivity contribution is 5.86. The molecule has 0 radical (unpaired) electrons. The van der Waals surface area contributed by atoms with E-state index in [1.54, 1.807) is 0 Å². The third-order valence-electron chi connectivity index (χ3n) is 3.71. The lowest BCUT2D eigenvalue weighted by atomic mass is 10.1. The molecule has 2 atom stereocenters. The summed E-state index contributed by atoms with van der Waals surface area (Å²) < 4.78 is 0. The number of rotatable bonds is 3. The van der Waals surface area contributed by atoms with Gasteiger partial charge in [-0.2, -0.15) is 0 Å². The minimum atomic E-state index is -0.687. The molecule has 3 heteroatoms. The van der Waals surface area contributed by atoms with Crippen molar-refractivity contribution < 1.29 is 9.90 Å². The van der Waals surface area contributed by atoms with Crippen LogP contribution in [0.3, 0.4) is 0 Å². The molecular weight excluding hydrogens is 226 g/mol. The van der Waals surface area contributed by atoms with E-state index >= 15 is 0 Å². The van der Waals surface area contributed by atoms with Gasteiger partial charge in [0, 0.05) is 18.8 Å². The lowest BCUT2D eigenvalue weighted by molar-refractivity contribution is -0.138. The largest absolute Gasteiger partial charge is 0.481 e. The molecule has 1 aliphatic rings. The normalized spacial score (nSPS) is 21.8. The highest BCUT2D eigenvalue weighted by atomic mass is 16.4. The van der Waals surface area contributed by atoms with Gasteiger partial charge in [0.15, 0.2) is 0 Å². The van der Waals surface area contributed by atoms with Gasteiger partial charge in [-0.15, -0.1) is 0 Å². The molecular formula is C15H15NO2. The second-order valence-electron chi connectivity index (χ2n) is 4.89. The number of nitrogens with zero attached hydrogens (tertiary/aromatic N) is 1. The van der Waals surface area contributed by atoms with Crippen molar-refractivity contribution in [3.63, 3.8) is 0 Å². The van der Waals surface area contributed by atoms with E-state index in [-0.39, 0.29) is 12.0 Å². The van der Waals surface area contributed by atoms with E-state index in [1.165, 1.54) is 10.8 Å². The number of hydrogen-bond donors (Lipinski definition) is 1. The topological polar surface area (TPSA) is 40.5 Å². The fourth-order valence-electron chi connectivity index (χ4n) is 2.46. The zero-order chi connectivity index (χ0) is 12.7. The maximum atomic E-state index is 10.9. The van der Waals surface area contributed by atoms with Gasteiger partial charge in [-0.05, 0) is 29.3 Å². The maximum Gasteiger partial charge on any atom is 0.308 e. The molecule has 92 valence electrons. The van der Waals surface area contributed by atoms with E-state index in [0.29, 0.717) is 0 Å². The second-order valence-corrected chi connectivity index (χ2v) is 4.89. The van der Waals surface area contributed by atoms with Crippen LogP contribution in [-0.2, 0) is 4.79 Å². The Morgan fingerprint density at radius 3 is 2.61 bits per heavy atom. The molecule has 1 N–H and O–H groups in total. The first-order valence-corrected chi connectivity index (χ1v) is 6.11. The van der Waals surface area contributed by atoms with Gasteiger partial charge < -0.3 is 10.0 Å². The van der Waals surface area contributed by atoms with Gasteiger partial charge in [0.05, 0.1) is 5.92 Å². The van der Waals surface area contributed by atoms with Crippen LogP contribution in [0, 0.1) is 5.92 Å². The molecule has 3 nitrogen and oxygen atoms in total. The van der Waals surface area contributed by atoms with E-state index in [0.717, 1.165) is 12.1 Å². The van der Waals surface area contributed by atoms with Gasteiger partial charge in [-0.1, -0.05) is 30.3 Å². The van der Waals surface area contributed by atoms with Crippen LogP contribution in [0.5, 0.6) is 0 Å². The molecule has 3 rings (SSSR count). The minimum Gasteiger partial charge on any atom is -0.481 e. The second kappa shape index (κ2) is 4.02. The summed E-state index contributed by atoms with van der Waals surface area (Å²) in [6.07, 6.45) is 0.749. The summed E-state index contributed by atoms with van der Waals surface area (Å²) in [5.74, 6) is -0.894. The zero-order valence-electron chi connectivity index (χ0n) is 10.2. The van der Waals surface area contributed by atoms with Gasteiger partial charge in [-0.3, -0.25) is 4.79 Å². The molecule has 0 aromatic heterocycles. The predicted octanol–water partition coefficient (Wildman–Crippen LogP) is 2.75. The van der Waals surface area contributed by atoms with Crippen molar-refractivity contribution in [2.45, 2.75) is 12.5 Å². The molecule has 1 fully saturated rings. The van der Waals surface area contributed by atoms with E-state index < -0.39 is 5.97 Å². The number of benzene rings is 2. The summed E-state index contributed by atoms with van der Waals surface area (Å²) in [5, 5.41) is 11.4. The van der Waals surface area contributed by atoms with E-state index in [2.05, 4.69) is 35.2 Å². The standard InChI is InChI=1S/C15H15NO2/c1-16(14-9-13(14)15(17)18)12-7-6-10-4-2-3-5-11(10)8-12/h2-8,13-14H,9H2,1H3,(H,17,18). The monoisotopic (exact) mass is 241 g/mol. The summed E-state index contributed by atoms with van der Waals surface area (Å²) in [7, 11) is 1.97. The molecule has 0 spiro atoms. The van der Waals surface area contributed by atoms with Crippen LogP contribution in [0.1, 0.15) is 6.42 Å². The van der Waals surface area contributed by atoms with E-state index in [1.807, 2.05) is 19.2 Å². The summed E-state index contributed by atoms with van der Waals surface area (Å²) in [6, 6.07) is 14.6. The average molecular weight is 241 g/mol. The first kappa shape index (κ1) is 11.1. The lowest BCUT2D eigenvalue weighted by Crippen LogP contribution is -2.23. The zero-order valence-corrected chi connectivity index (χ0v) is 10.2. The number of hydrogen-bond acceptors (Lipinski definition) is 2. The summed E-state index contributed by atoms with van der Waals surface area (Å²) in [6.45, 7) is 0. The molecule has 0 aliphatic heterocycles. The van der Waals surface area contributed by atoms with E-state index in [4.69, 9.17) is 5.11 Å². The van der Waals surface area contributed by atoms with Crippen molar-refractivity contribution in [1.29, 1.82) is 0 Å².